The largest absolute Gasteiger partial charge is 0.352 e. The van der Waals surface area contributed by atoms with Crippen molar-refractivity contribution >= 4 is 27.5 Å². The van der Waals surface area contributed by atoms with Gasteiger partial charge in [0.05, 0.1) is 11.9 Å². The highest BCUT2D eigenvalue weighted by Gasteiger charge is 2.31. The molecule has 208 valence electrons. The molecule has 1 aliphatic rings. The zero-order chi connectivity index (χ0) is 27.7. The molecule has 1 N–H and O–H groups in total. The molecule has 2 aromatic rings. The standard InChI is InChI=1S/C29H40FN3O4S/c1-4-26(29(35)31-24-15-6-5-7-16-24)32(21-23-14-9-8-13-22(23)2)28(34)19-12-20-33(38(3,36)37)27-18-11-10-17-25(27)30/h8-11,13-14,17-18,24,26H,4-7,12,15-16,19-21H2,1-3H3,(H,31,35)/t26-/m1/s1. The van der Waals surface area contributed by atoms with Crippen molar-refractivity contribution in [3.8, 4) is 0 Å². The minimum absolute atomic E-state index is 0.0273. The van der Waals surface area contributed by atoms with Gasteiger partial charge in [0, 0.05) is 25.6 Å². The second-order valence-corrected chi connectivity index (χ2v) is 12.0. The molecule has 0 heterocycles. The van der Waals surface area contributed by atoms with Crippen LogP contribution < -0.4 is 9.62 Å². The highest BCUT2D eigenvalue weighted by Crippen LogP contribution is 2.23. The Labute approximate surface area is 226 Å². The number of sulfonamides is 1. The van der Waals surface area contributed by atoms with Crippen molar-refractivity contribution in [2.75, 3.05) is 17.1 Å². The summed E-state index contributed by atoms with van der Waals surface area (Å²) < 4.78 is 40.2. The fraction of sp³-hybridized carbons (Fsp3) is 0.517. The predicted octanol–water partition coefficient (Wildman–Crippen LogP) is 4.94. The Morgan fingerprint density at radius 2 is 1.71 bits per heavy atom. The highest BCUT2D eigenvalue weighted by atomic mass is 32.2. The Morgan fingerprint density at radius 3 is 2.34 bits per heavy atom. The van der Waals surface area contributed by atoms with Gasteiger partial charge < -0.3 is 10.2 Å². The first kappa shape index (κ1) is 29.6. The summed E-state index contributed by atoms with van der Waals surface area (Å²) in [6, 6.07) is 12.9. The first-order valence-electron chi connectivity index (χ1n) is 13.5. The SMILES string of the molecule is CC[C@H](C(=O)NC1CCCCC1)N(Cc1ccccc1C)C(=O)CCCN(c1ccccc1F)S(C)(=O)=O. The number of nitrogens with zero attached hydrogens (tertiary/aromatic N) is 2. The van der Waals surface area contributed by atoms with E-state index >= 15 is 0 Å². The summed E-state index contributed by atoms with van der Waals surface area (Å²) in [6.07, 6.45) is 6.95. The van der Waals surface area contributed by atoms with E-state index in [0.717, 1.165) is 47.4 Å². The van der Waals surface area contributed by atoms with Gasteiger partial charge in [-0.15, -0.1) is 0 Å². The maximum atomic E-state index is 14.4. The van der Waals surface area contributed by atoms with Crippen molar-refractivity contribution in [3.05, 3.63) is 65.5 Å². The summed E-state index contributed by atoms with van der Waals surface area (Å²) in [5.41, 5.74) is 1.93. The number of anilines is 1. The van der Waals surface area contributed by atoms with Crippen LogP contribution in [0.4, 0.5) is 10.1 Å². The van der Waals surface area contributed by atoms with E-state index < -0.39 is 21.9 Å². The van der Waals surface area contributed by atoms with Gasteiger partial charge >= 0.3 is 0 Å². The lowest BCUT2D eigenvalue weighted by atomic mass is 9.95. The van der Waals surface area contributed by atoms with Gasteiger partial charge in [-0.25, -0.2) is 12.8 Å². The molecule has 38 heavy (non-hydrogen) atoms. The smallest absolute Gasteiger partial charge is 0.243 e. The van der Waals surface area contributed by atoms with Gasteiger partial charge in [-0.05, 0) is 55.9 Å². The van der Waals surface area contributed by atoms with E-state index in [1.807, 2.05) is 38.1 Å². The Balaban J connectivity index is 1.77. The van der Waals surface area contributed by atoms with E-state index in [0.29, 0.717) is 6.42 Å². The Hall–Kier alpha value is -2.94. The molecule has 0 radical (unpaired) electrons. The van der Waals surface area contributed by atoms with Gasteiger partial charge in [0.25, 0.3) is 0 Å². The monoisotopic (exact) mass is 545 g/mol. The molecule has 1 aliphatic carbocycles. The molecule has 1 atom stereocenters. The van der Waals surface area contributed by atoms with Crippen LogP contribution in [0.3, 0.4) is 0 Å². The van der Waals surface area contributed by atoms with E-state index in [-0.39, 0.29) is 49.5 Å². The van der Waals surface area contributed by atoms with Crippen molar-refractivity contribution in [3.63, 3.8) is 0 Å². The van der Waals surface area contributed by atoms with E-state index in [9.17, 15) is 22.4 Å². The minimum atomic E-state index is -3.76. The van der Waals surface area contributed by atoms with Crippen molar-refractivity contribution in [2.24, 2.45) is 0 Å². The third-order valence-electron chi connectivity index (χ3n) is 7.21. The topological polar surface area (TPSA) is 86.8 Å². The van der Waals surface area contributed by atoms with E-state index in [1.165, 1.54) is 24.6 Å². The molecule has 0 aromatic heterocycles. The minimum Gasteiger partial charge on any atom is -0.352 e. The quantitative estimate of drug-likeness (QED) is 0.410. The molecule has 7 nitrogen and oxygen atoms in total. The fourth-order valence-electron chi connectivity index (χ4n) is 5.07. The maximum absolute atomic E-state index is 14.4. The lowest BCUT2D eigenvalue weighted by Crippen LogP contribution is -2.51. The summed E-state index contributed by atoms with van der Waals surface area (Å²) in [6.45, 7) is 4.10. The summed E-state index contributed by atoms with van der Waals surface area (Å²) in [4.78, 5) is 28.6. The lowest BCUT2D eigenvalue weighted by Gasteiger charge is -2.33. The van der Waals surface area contributed by atoms with Crippen molar-refractivity contribution in [1.82, 2.24) is 10.2 Å². The molecule has 0 aliphatic heterocycles. The Morgan fingerprint density at radius 1 is 1.05 bits per heavy atom. The van der Waals surface area contributed by atoms with Crippen LogP contribution >= 0.6 is 0 Å². The number of rotatable bonds is 12. The van der Waals surface area contributed by atoms with Crippen LogP contribution in [0.2, 0.25) is 0 Å². The third kappa shape index (κ3) is 8.03. The molecule has 0 unspecified atom stereocenters. The molecule has 1 fully saturated rings. The average Bonchev–Trinajstić information content (AvgIpc) is 2.88. The predicted molar refractivity (Wildman–Crippen MR) is 149 cm³/mol. The van der Waals surface area contributed by atoms with Gasteiger partial charge in [0.2, 0.25) is 21.8 Å². The first-order chi connectivity index (χ1) is 18.1. The van der Waals surface area contributed by atoms with E-state index in [2.05, 4.69) is 5.32 Å². The van der Waals surface area contributed by atoms with Gasteiger partial charge in [-0.2, -0.15) is 0 Å². The molecule has 9 heteroatoms. The molecule has 1 saturated carbocycles. The Kier molecular flexibility index (Phi) is 10.7. The maximum Gasteiger partial charge on any atom is 0.243 e. The molecular formula is C29H40FN3O4S. The molecule has 0 saturated heterocycles. The van der Waals surface area contributed by atoms with Crippen LogP contribution in [-0.2, 0) is 26.2 Å². The second-order valence-electron chi connectivity index (χ2n) is 10.1. The summed E-state index contributed by atoms with van der Waals surface area (Å²) in [5.74, 6) is -1.03. The number of benzene rings is 2. The number of carbonyl (C=O) groups is 2. The molecule has 0 bridgehead atoms. The third-order valence-corrected chi connectivity index (χ3v) is 8.39. The van der Waals surface area contributed by atoms with Gasteiger partial charge in [0.1, 0.15) is 11.9 Å². The molecule has 2 amide bonds. The number of carbonyl (C=O) groups excluding carboxylic acids is 2. The van der Waals surface area contributed by atoms with E-state index in [4.69, 9.17) is 0 Å². The van der Waals surface area contributed by atoms with Crippen molar-refractivity contribution in [1.29, 1.82) is 0 Å². The van der Waals surface area contributed by atoms with E-state index in [1.54, 1.807) is 11.0 Å². The highest BCUT2D eigenvalue weighted by molar-refractivity contribution is 7.92. The number of halogens is 1. The van der Waals surface area contributed by atoms with Crippen molar-refractivity contribution < 1.29 is 22.4 Å². The normalized spacial score (nSPS) is 15.1. The van der Waals surface area contributed by atoms with Crippen LogP contribution in [0.25, 0.3) is 0 Å². The first-order valence-corrected chi connectivity index (χ1v) is 15.3. The number of hydrogen-bond acceptors (Lipinski definition) is 4. The fourth-order valence-corrected chi connectivity index (χ4v) is 6.04. The second kappa shape index (κ2) is 13.7. The zero-order valence-electron chi connectivity index (χ0n) is 22.7. The number of hydrogen-bond donors (Lipinski definition) is 1. The van der Waals surface area contributed by atoms with Crippen LogP contribution in [-0.4, -0.2) is 50.0 Å². The zero-order valence-corrected chi connectivity index (χ0v) is 23.5. The van der Waals surface area contributed by atoms with Crippen LogP contribution in [0.15, 0.2) is 48.5 Å². The number of amides is 2. The molecular weight excluding hydrogens is 505 g/mol. The number of nitrogens with one attached hydrogen (secondary N) is 1. The van der Waals surface area contributed by atoms with Crippen LogP contribution in [0, 0.1) is 12.7 Å². The number of aryl methyl sites for hydroxylation is 1. The molecule has 0 spiro atoms. The lowest BCUT2D eigenvalue weighted by molar-refractivity contribution is -0.141. The summed E-state index contributed by atoms with van der Waals surface area (Å²) in [5, 5.41) is 3.17. The van der Waals surface area contributed by atoms with Gasteiger partial charge in [-0.1, -0.05) is 62.6 Å². The number of para-hydroxylation sites is 1. The summed E-state index contributed by atoms with van der Waals surface area (Å²) >= 11 is 0. The van der Waals surface area contributed by atoms with Gasteiger partial charge in [0.15, 0.2) is 0 Å². The molecule has 2 aromatic carbocycles. The summed E-state index contributed by atoms with van der Waals surface area (Å²) in [7, 11) is -3.76. The van der Waals surface area contributed by atoms with Crippen LogP contribution in [0.5, 0.6) is 0 Å². The Bertz CT molecular complexity index is 1200. The average molecular weight is 546 g/mol. The van der Waals surface area contributed by atoms with Crippen LogP contribution in [0.1, 0.15) is 69.4 Å². The molecule has 3 rings (SSSR count). The van der Waals surface area contributed by atoms with Crippen molar-refractivity contribution in [2.45, 2.75) is 83.8 Å². The van der Waals surface area contributed by atoms with Gasteiger partial charge in [-0.3, -0.25) is 13.9 Å².